The van der Waals surface area contributed by atoms with E-state index in [4.69, 9.17) is 9.47 Å². The van der Waals surface area contributed by atoms with Gasteiger partial charge in [0.1, 0.15) is 11.6 Å². The van der Waals surface area contributed by atoms with Gasteiger partial charge in [-0.2, -0.15) is 5.26 Å². The van der Waals surface area contributed by atoms with Gasteiger partial charge in [0.15, 0.2) is 11.5 Å². The Balaban J connectivity index is 1.92. The van der Waals surface area contributed by atoms with Crippen molar-refractivity contribution in [2.45, 2.75) is 13.5 Å². The van der Waals surface area contributed by atoms with Crippen LogP contribution in [0.25, 0.3) is 6.08 Å². The molecule has 0 aliphatic heterocycles. The van der Waals surface area contributed by atoms with Crippen LogP contribution >= 0.6 is 22.6 Å². The molecule has 1 amide bonds. The van der Waals surface area contributed by atoms with E-state index in [1.807, 2.05) is 59.0 Å². The van der Waals surface area contributed by atoms with Crippen molar-refractivity contribution in [2.75, 3.05) is 6.61 Å². The van der Waals surface area contributed by atoms with Crippen LogP contribution in [-0.4, -0.2) is 22.4 Å². The molecule has 0 aliphatic rings. The fourth-order valence-electron chi connectivity index (χ4n) is 3.18. The predicted octanol–water partition coefficient (Wildman–Crippen LogP) is 5.52. The van der Waals surface area contributed by atoms with E-state index in [2.05, 4.69) is 5.32 Å². The van der Waals surface area contributed by atoms with Gasteiger partial charge in [0, 0.05) is 12.6 Å². The second-order valence-electron chi connectivity index (χ2n) is 7.37. The van der Waals surface area contributed by atoms with E-state index in [0.29, 0.717) is 9.13 Å². The SMILES string of the molecule is CCOc1cc(/C=C(\C#N)C(=O)NCc2ccccc2)cc(I)c1Oc1ccc([N+](=O)[O-])cc1[N+](=O)[O-]. The Hall–Kier alpha value is -4.51. The van der Waals surface area contributed by atoms with Crippen LogP contribution in [0.5, 0.6) is 17.2 Å². The van der Waals surface area contributed by atoms with Gasteiger partial charge in [0.25, 0.3) is 11.6 Å². The fourth-order valence-corrected chi connectivity index (χ4v) is 3.92. The Labute approximate surface area is 224 Å². The molecule has 3 rings (SSSR count). The molecule has 0 radical (unpaired) electrons. The molecule has 37 heavy (non-hydrogen) atoms. The number of nitro benzene ring substituents is 2. The average molecular weight is 614 g/mol. The normalized spacial score (nSPS) is 10.8. The number of carbonyl (C=O) groups excluding carboxylic acids is 1. The topological polar surface area (TPSA) is 158 Å². The number of benzene rings is 3. The highest BCUT2D eigenvalue weighted by Crippen LogP contribution is 2.41. The average Bonchev–Trinajstić information content (AvgIpc) is 2.88. The van der Waals surface area contributed by atoms with E-state index < -0.39 is 27.1 Å². The van der Waals surface area contributed by atoms with Gasteiger partial charge in [-0.15, -0.1) is 0 Å². The minimum Gasteiger partial charge on any atom is -0.490 e. The van der Waals surface area contributed by atoms with Crippen molar-refractivity contribution >= 4 is 45.9 Å². The zero-order chi connectivity index (χ0) is 26.9. The number of non-ortho nitro benzene ring substituents is 1. The zero-order valence-corrected chi connectivity index (χ0v) is 21.5. The van der Waals surface area contributed by atoms with Gasteiger partial charge in [-0.3, -0.25) is 25.0 Å². The molecule has 0 saturated carbocycles. The van der Waals surface area contributed by atoms with E-state index in [1.54, 1.807) is 13.0 Å². The van der Waals surface area contributed by atoms with Crippen molar-refractivity contribution in [3.8, 4) is 23.3 Å². The predicted molar refractivity (Wildman–Crippen MR) is 142 cm³/mol. The lowest BCUT2D eigenvalue weighted by molar-refractivity contribution is -0.394. The molecule has 12 heteroatoms. The molecule has 0 aliphatic carbocycles. The first-order valence-electron chi connectivity index (χ1n) is 10.7. The molecule has 0 fully saturated rings. The first kappa shape index (κ1) is 27.1. The largest absolute Gasteiger partial charge is 0.490 e. The van der Waals surface area contributed by atoms with Gasteiger partial charge >= 0.3 is 5.69 Å². The Morgan fingerprint density at radius 1 is 1.08 bits per heavy atom. The van der Waals surface area contributed by atoms with E-state index in [0.717, 1.165) is 23.8 Å². The van der Waals surface area contributed by atoms with E-state index in [-0.39, 0.29) is 36.0 Å². The lowest BCUT2D eigenvalue weighted by Crippen LogP contribution is -2.23. The van der Waals surface area contributed by atoms with Crippen LogP contribution in [0.4, 0.5) is 11.4 Å². The number of rotatable bonds is 10. The molecule has 0 aromatic heterocycles. The molecule has 1 N–H and O–H groups in total. The zero-order valence-electron chi connectivity index (χ0n) is 19.3. The number of ether oxygens (including phenoxy) is 2. The number of carbonyl (C=O) groups is 1. The summed E-state index contributed by atoms with van der Waals surface area (Å²) >= 11 is 1.93. The monoisotopic (exact) mass is 614 g/mol. The Kier molecular flexibility index (Phi) is 9.11. The summed E-state index contributed by atoms with van der Waals surface area (Å²) in [4.78, 5) is 33.5. The molecule has 3 aromatic carbocycles. The van der Waals surface area contributed by atoms with Gasteiger partial charge in [0.05, 0.1) is 26.1 Å². The second-order valence-corrected chi connectivity index (χ2v) is 8.53. The van der Waals surface area contributed by atoms with Crippen molar-refractivity contribution < 1.29 is 24.1 Å². The molecule has 188 valence electrons. The second kappa shape index (κ2) is 12.5. The van der Waals surface area contributed by atoms with E-state index in [9.17, 15) is 30.3 Å². The number of hydrogen-bond donors (Lipinski definition) is 1. The number of hydrogen-bond acceptors (Lipinski definition) is 8. The number of amides is 1. The molecular weight excluding hydrogens is 595 g/mol. The van der Waals surface area contributed by atoms with Crippen LogP contribution in [0.3, 0.4) is 0 Å². The molecular formula is C25H19IN4O7. The van der Waals surface area contributed by atoms with Crippen molar-refractivity contribution in [2.24, 2.45) is 0 Å². The molecule has 3 aromatic rings. The van der Waals surface area contributed by atoms with Crippen LogP contribution in [0.15, 0.2) is 66.2 Å². The highest BCUT2D eigenvalue weighted by atomic mass is 127. The first-order valence-corrected chi connectivity index (χ1v) is 11.8. The summed E-state index contributed by atoms with van der Waals surface area (Å²) < 4.78 is 11.9. The van der Waals surface area contributed by atoms with Gasteiger partial charge < -0.3 is 14.8 Å². The molecule has 11 nitrogen and oxygen atoms in total. The van der Waals surface area contributed by atoms with Gasteiger partial charge in [-0.25, -0.2) is 0 Å². The third-order valence-electron chi connectivity index (χ3n) is 4.87. The van der Waals surface area contributed by atoms with Crippen molar-refractivity contribution in [3.05, 3.63) is 101 Å². The summed E-state index contributed by atoms with van der Waals surface area (Å²) in [5.41, 5.74) is 0.175. The lowest BCUT2D eigenvalue weighted by Gasteiger charge is -2.14. The third kappa shape index (κ3) is 7.01. The molecule has 0 atom stereocenters. The van der Waals surface area contributed by atoms with Crippen molar-refractivity contribution in [1.29, 1.82) is 5.26 Å². The summed E-state index contributed by atoms with van der Waals surface area (Å²) in [5.74, 6) is -0.421. The first-order chi connectivity index (χ1) is 17.7. The fraction of sp³-hybridized carbons (Fsp3) is 0.120. The van der Waals surface area contributed by atoms with Crippen LogP contribution in [0.2, 0.25) is 0 Å². The summed E-state index contributed by atoms with van der Waals surface area (Å²) in [6.07, 6.45) is 1.39. The maximum Gasteiger partial charge on any atom is 0.318 e. The van der Waals surface area contributed by atoms with Crippen LogP contribution < -0.4 is 14.8 Å². The summed E-state index contributed by atoms with van der Waals surface area (Å²) in [5, 5.41) is 34.7. The Morgan fingerprint density at radius 2 is 1.81 bits per heavy atom. The molecule has 0 spiro atoms. The lowest BCUT2D eigenvalue weighted by atomic mass is 10.1. The summed E-state index contributed by atoms with van der Waals surface area (Å²) in [6.45, 7) is 2.21. The molecule has 0 heterocycles. The highest BCUT2D eigenvalue weighted by molar-refractivity contribution is 14.1. The van der Waals surface area contributed by atoms with Gasteiger partial charge in [0.2, 0.25) is 5.75 Å². The quantitative estimate of drug-likeness (QED) is 0.103. The third-order valence-corrected chi connectivity index (χ3v) is 5.67. The van der Waals surface area contributed by atoms with Gasteiger partial charge in [-0.1, -0.05) is 30.3 Å². The maximum absolute atomic E-state index is 12.6. The van der Waals surface area contributed by atoms with Gasteiger partial charge in [-0.05, 0) is 64.9 Å². The van der Waals surface area contributed by atoms with Crippen molar-refractivity contribution in [3.63, 3.8) is 0 Å². The summed E-state index contributed by atoms with van der Waals surface area (Å²) in [6, 6.07) is 17.3. The van der Waals surface area contributed by atoms with E-state index >= 15 is 0 Å². The number of nitriles is 1. The van der Waals surface area contributed by atoms with Crippen LogP contribution in [0, 0.1) is 35.1 Å². The number of nitrogens with one attached hydrogen (secondary N) is 1. The molecule has 0 saturated heterocycles. The smallest absolute Gasteiger partial charge is 0.318 e. The minimum absolute atomic E-state index is 0.131. The maximum atomic E-state index is 12.6. The molecule has 0 bridgehead atoms. The molecule has 0 unspecified atom stereocenters. The highest BCUT2D eigenvalue weighted by Gasteiger charge is 2.23. The summed E-state index contributed by atoms with van der Waals surface area (Å²) in [7, 11) is 0. The number of nitrogens with zero attached hydrogens (tertiary/aromatic N) is 3. The number of halogens is 1. The van der Waals surface area contributed by atoms with Crippen molar-refractivity contribution in [1.82, 2.24) is 5.32 Å². The van der Waals surface area contributed by atoms with E-state index in [1.165, 1.54) is 12.1 Å². The Bertz CT molecular complexity index is 1420. The van der Waals surface area contributed by atoms with Crippen LogP contribution in [0.1, 0.15) is 18.1 Å². The Morgan fingerprint density at radius 3 is 2.43 bits per heavy atom. The standard InChI is InChI=1S/C25H19IN4O7/c1-2-36-23-12-17(10-18(14-27)25(31)28-15-16-6-4-3-5-7-16)11-20(26)24(23)37-22-9-8-19(29(32)33)13-21(22)30(34)35/h3-13H,2,15H2,1H3,(H,28,31)/b18-10+. The number of nitro groups is 2. The van der Waals surface area contributed by atoms with Crippen LogP contribution in [-0.2, 0) is 11.3 Å². The minimum atomic E-state index is -0.778.